The predicted octanol–water partition coefficient (Wildman–Crippen LogP) is 3.48. The molecule has 132 valence electrons. The van der Waals surface area contributed by atoms with Crippen LogP contribution in [0.1, 0.15) is 12.6 Å². The number of thiazole rings is 1. The van der Waals surface area contributed by atoms with Crippen LogP contribution in [-0.4, -0.2) is 21.8 Å². The summed E-state index contributed by atoms with van der Waals surface area (Å²) in [5.74, 6) is -1.25. The van der Waals surface area contributed by atoms with Crippen molar-refractivity contribution in [3.8, 4) is 10.6 Å². The van der Waals surface area contributed by atoms with Gasteiger partial charge in [-0.05, 0) is 30.3 Å². The van der Waals surface area contributed by atoms with Crippen LogP contribution in [0.4, 0.5) is 15.8 Å². The zero-order chi connectivity index (χ0) is 18.5. The van der Waals surface area contributed by atoms with Crippen LogP contribution in [0.3, 0.4) is 0 Å². The van der Waals surface area contributed by atoms with E-state index in [1.807, 2.05) is 17.5 Å². The van der Waals surface area contributed by atoms with Crippen molar-refractivity contribution >= 4 is 34.5 Å². The molecule has 0 atom stereocenters. The third kappa shape index (κ3) is 4.48. The molecule has 0 unspecified atom stereocenters. The summed E-state index contributed by atoms with van der Waals surface area (Å²) in [6.45, 7) is 1.28. The van der Waals surface area contributed by atoms with E-state index in [4.69, 9.17) is 0 Å². The topological polar surface area (TPSA) is 84.0 Å². The van der Waals surface area contributed by atoms with Crippen LogP contribution in [0.15, 0.2) is 48.1 Å². The van der Waals surface area contributed by atoms with Crippen LogP contribution in [-0.2, 0) is 16.0 Å². The Bertz CT molecular complexity index is 943. The van der Waals surface area contributed by atoms with Gasteiger partial charge in [-0.2, -0.15) is 0 Å². The molecule has 0 aliphatic heterocycles. The first-order chi connectivity index (χ1) is 12.5. The van der Waals surface area contributed by atoms with Gasteiger partial charge < -0.3 is 10.6 Å². The van der Waals surface area contributed by atoms with Gasteiger partial charge in [-0.1, -0.05) is 0 Å². The fraction of sp³-hybridized carbons (Fsp3) is 0.111. The molecule has 0 saturated heterocycles. The summed E-state index contributed by atoms with van der Waals surface area (Å²) in [5.41, 5.74) is 1.93. The Morgan fingerprint density at radius 3 is 2.81 bits per heavy atom. The highest BCUT2D eigenvalue weighted by molar-refractivity contribution is 7.13. The van der Waals surface area contributed by atoms with Gasteiger partial charge in [0.1, 0.15) is 10.8 Å². The molecule has 0 bridgehead atoms. The second kappa shape index (κ2) is 7.83. The van der Waals surface area contributed by atoms with Crippen molar-refractivity contribution in [1.29, 1.82) is 0 Å². The second-order valence-electron chi connectivity index (χ2n) is 5.49. The Morgan fingerprint density at radius 1 is 1.23 bits per heavy atom. The Hall–Kier alpha value is -3.13. The summed E-state index contributed by atoms with van der Waals surface area (Å²) in [4.78, 5) is 31.8. The molecule has 0 radical (unpaired) electrons. The molecule has 0 aliphatic carbocycles. The van der Waals surface area contributed by atoms with Crippen LogP contribution >= 0.6 is 11.3 Å². The summed E-state index contributed by atoms with van der Waals surface area (Å²) < 4.78 is 13.6. The van der Waals surface area contributed by atoms with Gasteiger partial charge in [0, 0.05) is 35.9 Å². The van der Waals surface area contributed by atoms with Crippen LogP contribution in [0.25, 0.3) is 10.6 Å². The number of halogens is 1. The lowest BCUT2D eigenvalue weighted by Gasteiger charge is -2.08. The number of hydrogen-bond acceptors (Lipinski definition) is 5. The summed E-state index contributed by atoms with van der Waals surface area (Å²) in [7, 11) is 0. The Balaban J connectivity index is 1.66. The SMILES string of the molecule is CC(=O)Nc1cc(NC(=O)Cc2csc(-c3cccnc3)n2)ccc1F. The number of nitrogens with zero attached hydrogens (tertiary/aromatic N) is 2. The number of benzene rings is 1. The standard InChI is InChI=1S/C18H15FN4O2S/c1-11(24)21-16-7-13(4-5-15(16)19)22-17(25)8-14-10-26-18(23-14)12-3-2-6-20-9-12/h2-7,9-10H,8H2,1H3,(H,21,24)(H,22,25). The van der Waals surface area contributed by atoms with Crippen molar-refractivity contribution in [1.82, 2.24) is 9.97 Å². The molecule has 6 nitrogen and oxygen atoms in total. The Kier molecular flexibility index (Phi) is 5.33. The van der Waals surface area contributed by atoms with Crippen LogP contribution in [0.5, 0.6) is 0 Å². The molecule has 1 aromatic carbocycles. The number of pyridine rings is 1. The van der Waals surface area contributed by atoms with Gasteiger partial charge in [0.15, 0.2) is 0 Å². The highest BCUT2D eigenvalue weighted by Crippen LogP contribution is 2.23. The third-order valence-corrected chi connectivity index (χ3v) is 4.30. The summed E-state index contributed by atoms with van der Waals surface area (Å²) >= 11 is 1.43. The highest BCUT2D eigenvalue weighted by atomic mass is 32.1. The zero-order valence-corrected chi connectivity index (χ0v) is 14.6. The average molecular weight is 370 g/mol. The Morgan fingerprint density at radius 2 is 2.08 bits per heavy atom. The number of carbonyl (C=O) groups is 2. The zero-order valence-electron chi connectivity index (χ0n) is 13.8. The fourth-order valence-corrected chi connectivity index (χ4v) is 3.08. The van der Waals surface area contributed by atoms with E-state index < -0.39 is 11.7 Å². The smallest absolute Gasteiger partial charge is 0.230 e. The monoisotopic (exact) mass is 370 g/mol. The largest absolute Gasteiger partial charge is 0.326 e. The van der Waals surface area contributed by atoms with E-state index >= 15 is 0 Å². The molecule has 2 amide bonds. The highest BCUT2D eigenvalue weighted by Gasteiger charge is 2.11. The van der Waals surface area contributed by atoms with Gasteiger partial charge in [0.25, 0.3) is 0 Å². The lowest BCUT2D eigenvalue weighted by atomic mass is 10.2. The number of rotatable bonds is 5. The molecule has 3 aromatic rings. The molecule has 3 rings (SSSR count). The van der Waals surface area contributed by atoms with Gasteiger partial charge in [-0.15, -0.1) is 11.3 Å². The van der Waals surface area contributed by atoms with E-state index in [0.717, 1.165) is 10.6 Å². The lowest BCUT2D eigenvalue weighted by molar-refractivity contribution is -0.116. The molecule has 2 N–H and O–H groups in total. The van der Waals surface area contributed by atoms with E-state index in [9.17, 15) is 14.0 Å². The summed E-state index contributed by atoms with van der Waals surface area (Å²) in [6, 6.07) is 7.71. The lowest BCUT2D eigenvalue weighted by Crippen LogP contribution is -2.15. The van der Waals surface area contributed by atoms with E-state index in [2.05, 4.69) is 20.6 Å². The predicted molar refractivity (Wildman–Crippen MR) is 98.4 cm³/mol. The number of carbonyl (C=O) groups excluding carboxylic acids is 2. The summed E-state index contributed by atoms with van der Waals surface area (Å²) in [5, 5.41) is 7.65. The second-order valence-corrected chi connectivity index (χ2v) is 6.34. The number of nitrogens with one attached hydrogen (secondary N) is 2. The van der Waals surface area contributed by atoms with Crippen molar-refractivity contribution in [3.05, 3.63) is 59.6 Å². The summed E-state index contributed by atoms with van der Waals surface area (Å²) in [6.07, 6.45) is 3.48. The van der Waals surface area contributed by atoms with E-state index in [1.165, 1.54) is 36.5 Å². The minimum Gasteiger partial charge on any atom is -0.326 e. The molecule has 2 aromatic heterocycles. The van der Waals surface area contributed by atoms with E-state index in [-0.39, 0.29) is 18.0 Å². The normalized spacial score (nSPS) is 10.4. The van der Waals surface area contributed by atoms with Gasteiger partial charge >= 0.3 is 0 Å². The molecule has 26 heavy (non-hydrogen) atoms. The number of hydrogen-bond donors (Lipinski definition) is 2. The van der Waals surface area contributed by atoms with Crippen LogP contribution in [0.2, 0.25) is 0 Å². The van der Waals surface area contributed by atoms with Gasteiger partial charge in [-0.3, -0.25) is 14.6 Å². The molecule has 0 spiro atoms. The number of aromatic nitrogens is 2. The Labute approximate surface area is 153 Å². The van der Waals surface area contributed by atoms with Crippen LogP contribution in [0, 0.1) is 5.82 Å². The van der Waals surface area contributed by atoms with Gasteiger partial charge in [0.2, 0.25) is 11.8 Å². The van der Waals surface area contributed by atoms with Crippen molar-refractivity contribution in [2.75, 3.05) is 10.6 Å². The molecular formula is C18H15FN4O2S. The molecule has 0 fully saturated rings. The first-order valence-electron chi connectivity index (χ1n) is 7.73. The maximum absolute atomic E-state index is 13.6. The third-order valence-electron chi connectivity index (χ3n) is 3.36. The van der Waals surface area contributed by atoms with Gasteiger partial charge in [0.05, 0.1) is 17.8 Å². The molecule has 2 heterocycles. The van der Waals surface area contributed by atoms with Crippen LogP contribution < -0.4 is 10.6 Å². The minimum absolute atomic E-state index is 0.0165. The molecular weight excluding hydrogens is 355 g/mol. The molecule has 0 aliphatic rings. The van der Waals surface area contributed by atoms with Crippen molar-refractivity contribution in [2.45, 2.75) is 13.3 Å². The van der Waals surface area contributed by atoms with Gasteiger partial charge in [-0.25, -0.2) is 9.37 Å². The number of anilines is 2. The maximum Gasteiger partial charge on any atom is 0.230 e. The van der Waals surface area contributed by atoms with E-state index in [0.29, 0.717) is 11.4 Å². The molecule has 8 heteroatoms. The maximum atomic E-state index is 13.6. The van der Waals surface area contributed by atoms with E-state index in [1.54, 1.807) is 12.4 Å². The minimum atomic E-state index is -0.571. The first-order valence-corrected chi connectivity index (χ1v) is 8.61. The van der Waals surface area contributed by atoms with Crippen molar-refractivity contribution in [2.24, 2.45) is 0 Å². The number of amides is 2. The first kappa shape index (κ1) is 17.7. The van der Waals surface area contributed by atoms with Crippen molar-refractivity contribution in [3.63, 3.8) is 0 Å². The van der Waals surface area contributed by atoms with Crippen molar-refractivity contribution < 1.29 is 14.0 Å². The molecule has 0 saturated carbocycles. The fourth-order valence-electron chi connectivity index (χ4n) is 2.27. The average Bonchev–Trinajstić information content (AvgIpc) is 3.06. The quantitative estimate of drug-likeness (QED) is 0.720.